The van der Waals surface area contributed by atoms with Crippen LogP contribution in [-0.4, -0.2) is 57.6 Å². The predicted molar refractivity (Wildman–Crippen MR) is 188 cm³/mol. The topological polar surface area (TPSA) is 289 Å². The van der Waals surface area contributed by atoms with Gasteiger partial charge in [0.15, 0.2) is 23.0 Å². The number of aromatic nitrogens is 5. The van der Waals surface area contributed by atoms with E-state index in [2.05, 4.69) is 28.6 Å². The van der Waals surface area contributed by atoms with E-state index in [1.54, 1.807) is 48.5 Å². The molecule has 23 heteroatoms. The summed E-state index contributed by atoms with van der Waals surface area (Å²) in [6.45, 7) is -0.640. The van der Waals surface area contributed by atoms with E-state index in [1.807, 2.05) is 6.07 Å². The van der Waals surface area contributed by atoms with Crippen molar-refractivity contribution in [3.8, 4) is 51.5 Å². The van der Waals surface area contributed by atoms with Gasteiger partial charge in [0, 0.05) is 23.3 Å². The summed E-state index contributed by atoms with van der Waals surface area (Å²) in [5.74, 6) is -3.35. The highest BCUT2D eigenvalue weighted by Gasteiger charge is 2.25. The van der Waals surface area contributed by atoms with Crippen molar-refractivity contribution in [2.75, 3.05) is 7.11 Å². The van der Waals surface area contributed by atoms with E-state index in [1.165, 1.54) is 15.4 Å². The number of hydrogen-bond acceptors (Lipinski definition) is 19. The van der Waals surface area contributed by atoms with E-state index in [9.17, 15) is 40.8 Å². The number of hydrogen-bond donors (Lipinski definition) is 0. The Labute approximate surface area is 319 Å². The van der Waals surface area contributed by atoms with Crippen molar-refractivity contribution in [1.29, 1.82) is 0 Å². The summed E-state index contributed by atoms with van der Waals surface area (Å²) in [6.07, 6.45) is 1.40. The van der Waals surface area contributed by atoms with Crippen LogP contribution < -0.4 is 39.0 Å². The molecule has 0 saturated carbocycles. The molecule has 3 heterocycles. The lowest BCUT2D eigenvalue weighted by Gasteiger charge is -2.17. The molecule has 294 valence electrons. The van der Waals surface area contributed by atoms with Crippen LogP contribution in [0.5, 0.6) is 28.7 Å². The molecule has 57 heavy (non-hydrogen) atoms. The fraction of sp³-hybridized carbons (Fsp3) is 0.0882. The van der Waals surface area contributed by atoms with E-state index >= 15 is 0 Å². The molecule has 0 unspecified atom stereocenters. The van der Waals surface area contributed by atoms with E-state index in [-0.39, 0.29) is 35.0 Å². The lowest BCUT2D eigenvalue weighted by atomic mass is 10.1. The van der Waals surface area contributed by atoms with Gasteiger partial charge >= 0.3 is 0 Å². The largest absolute Gasteiger partial charge is 0.716 e. The first-order valence-electron chi connectivity index (χ1n) is 15.9. The second kappa shape index (κ2) is 15.3. The minimum absolute atomic E-state index is 0.110. The highest BCUT2D eigenvalue weighted by Crippen LogP contribution is 2.40. The molecular formula is C34H22N5O16S2-3. The zero-order chi connectivity index (χ0) is 40.5. The molecular weight excluding hydrogens is 799 g/mol. The van der Waals surface area contributed by atoms with Gasteiger partial charge in [-0.1, -0.05) is 47.7 Å². The van der Waals surface area contributed by atoms with Gasteiger partial charge in [-0.05, 0) is 30.3 Å². The van der Waals surface area contributed by atoms with Crippen molar-refractivity contribution in [1.82, 2.24) is 24.5 Å². The Hall–Kier alpha value is -6.89. The molecule has 0 aliphatic heterocycles. The maximum atomic E-state index is 13.6. The number of ether oxygens (including phenoxy) is 2. The fourth-order valence-electron chi connectivity index (χ4n) is 5.68. The third-order valence-corrected chi connectivity index (χ3v) is 8.72. The van der Waals surface area contributed by atoms with Gasteiger partial charge in [-0.15, -0.1) is 5.10 Å². The zero-order valence-electron chi connectivity index (χ0n) is 28.7. The van der Waals surface area contributed by atoms with Crippen LogP contribution in [0.2, 0.25) is 0 Å². The van der Waals surface area contributed by atoms with Crippen LogP contribution in [0.15, 0.2) is 105 Å². The molecule has 4 aromatic carbocycles. The average Bonchev–Trinajstić information content (AvgIpc) is 3.63. The Morgan fingerprint density at radius 3 is 2.28 bits per heavy atom. The molecule has 0 aliphatic rings. The van der Waals surface area contributed by atoms with Gasteiger partial charge in [0.2, 0.25) is 11.2 Å². The molecule has 0 aliphatic carbocycles. The van der Waals surface area contributed by atoms with Crippen molar-refractivity contribution < 1.29 is 63.4 Å². The molecule has 0 bridgehead atoms. The predicted octanol–water partition coefficient (Wildman–Crippen LogP) is 1.79. The second-order valence-electron chi connectivity index (χ2n) is 11.6. The molecule has 7 rings (SSSR count). The second-order valence-corrected chi connectivity index (χ2v) is 13.6. The summed E-state index contributed by atoms with van der Waals surface area (Å²) in [7, 11) is -9.93. The molecule has 0 fully saturated rings. The summed E-state index contributed by atoms with van der Waals surface area (Å²) in [4.78, 5) is 36.4. The van der Waals surface area contributed by atoms with Crippen LogP contribution in [0, 0.1) is 0 Å². The molecule has 3 aromatic heterocycles. The van der Waals surface area contributed by atoms with Crippen LogP contribution in [0.4, 0.5) is 0 Å². The molecule has 0 N–H and O–H groups in total. The van der Waals surface area contributed by atoms with Crippen molar-refractivity contribution in [3.63, 3.8) is 0 Å². The van der Waals surface area contributed by atoms with Gasteiger partial charge in [0.25, 0.3) is 26.4 Å². The van der Waals surface area contributed by atoms with E-state index < -0.39 is 66.8 Å². The summed E-state index contributed by atoms with van der Waals surface area (Å²) in [5.41, 5.74) is -1.04. The molecule has 0 spiro atoms. The van der Waals surface area contributed by atoms with Crippen LogP contribution >= 0.6 is 0 Å². The van der Waals surface area contributed by atoms with E-state index in [0.717, 1.165) is 37.4 Å². The molecule has 0 amide bonds. The monoisotopic (exact) mass is 820 g/mol. The molecule has 0 saturated heterocycles. The Morgan fingerprint density at radius 2 is 1.56 bits per heavy atom. The third-order valence-electron chi connectivity index (χ3n) is 7.97. The van der Waals surface area contributed by atoms with Crippen LogP contribution in [-0.2, 0) is 39.1 Å². The molecule has 21 nitrogen and oxygen atoms in total. The molecule has 0 radical (unpaired) electrons. The highest BCUT2D eigenvalue weighted by atomic mass is 32.3. The van der Waals surface area contributed by atoms with Crippen LogP contribution in [0.3, 0.4) is 0 Å². The third kappa shape index (κ3) is 8.37. The summed E-state index contributed by atoms with van der Waals surface area (Å²) < 4.78 is 98.4. The van der Waals surface area contributed by atoms with Gasteiger partial charge in [-0.3, -0.25) is 14.2 Å². The zero-order valence-corrected chi connectivity index (χ0v) is 30.3. The first-order valence-corrected chi connectivity index (χ1v) is 18.5. The number of para-hydroxylation sites is 1. The number of nitrogens with zero attached hydrogens (tertiary/aromatic N) is 5. The first kappa shape index (κ1) is 38.4. The van der Waals surface area contributed by atoms with E-state index in [4.69, 9.17) is 18.9 Å². The standard InChI is InChI=1S/C34H25N5O16S2/c1-49-27-14-22(52-55-42)15-28-29(27)30(40)32(54-57(46,47)48)31(51-28)20-11-12-25(53-56(43,44)45)26(13-20)50-17-21-16-38(37-36-21)18-39-33(19-7-3-2-4-8-19)35-24-10-6-5-9-23(24)34(39)41/h2-16,42H,17-18H2,1H3,(H,43,44,45)(H,46,47,48)/p-3. The Balaban J connectivity index is 1.26. The smallest absolute Gasteiger partial charge is 0.263 e. The fourth-order valence-corrected chi connectivity index (χ4v) is 6.39. The van der Waals surface area contributed by atoms with Gasteiger partial charge in [0.05, 0.1) is 24.2 Å². The number of methoxy groups -OCH3 is 1. The van der Waals surface area contributed by atoms with Gasteiger partial charge in [-0.2, -0.15) is 0 Å². The minimum Gasteiger partial charge on any atom is -0.716 e. The van der Waals surface area contributed by atoms with E-state index in [0.29, 0.717) is 22.3 Å². The lowest BCUT2D eigenvalue weighted by molar-refractivity contribution is -0.778. The van der Waals surface area contributed by atoms with Gasteiger partial charge in [0.1, 0.15) is 41.5 Å². The number of rotatable bonds is 14. The summed E-state index contributed by atoms with van der Waals surface area (Å²) >= 11 is 0. The first-order chi connectivity index (χ1) is 27.2. The van der Waals surface area contributed by atoms with Crippen molar-refractivity contribution >= 4 is 42.7 Å². The Kier molecular flexibility index (Phi) is 10.3. The molecule has 0 atom stereocenters. The maximum absolute atomic E-state index is 13.6. The lowest BCUT2D eigenvalue weighted by Crippen LogP contribution is -2.27. The average molecular weight is 821 g/mol. The van der Waals surface area contributed by atoms with Crippen molar-refractivity contribution in [2.24, 2.45) is 0 Å². The number of fused-ring (bicyclic) bond motifs is 2. The van der Waals surface area contributed by atoms with Gasteiger partial charge in [-0.25, -0.2) is 31.5 Å². The minimum atomic E-state index is -5.63. The maximum Gasteiger partial charge on any atom is 0.263 e. The summed E-state index contributed by atoms with van der Waals surface area (Å²) in [5, 5.41) is 22.1. The van der Waals surface area contributed by atoms with Crippen molar-refractivity contribution in [2.45, 2.75) is 13.3 Å². The summed E-state index contributed by atoms with van der Waals surface area (Å²) in [6, 6.07) is 20.6. The van der Waals surface area contributed by atoms with Gasteiger partial charge < -0.3 is 41.5 Å². The number of benzene rings is 4. The SMILES string of the molecule is COc1cc(OO[O-])cc2oc(-c3ccc(OS(=O)(=O)[O-])c(OCc4cn(Cn5c(-c6ccccc6)nc6ccccc6c5=O)nn4)c3)c(OS(=O)(=O)[O-])c(=O)c12. The molecule has 7 aromatic rings. The quantitative estimate of drug-likeness (QED) is 0.0654. The van der Waals surface area contributed by atoms with Crippen molar-refractivity contribution in [3.05, 3.63) is 117 Å². The Morgan fingerprint density at radius 1 is 0.825 bits per heavy atom. The normalized spacial score (nSPS) is 11.8. The Bertz CT molecular complexity index is 3010. The highest BCUT2D eigenvalue weighted by molar-refractivity contribution is 7.81. The van der Waals surface area contributed by atoms with Crippen LogP contribution in [0.1, 0.15) is 5.69 Å². The van der Waals surface area contributed by atoms with Crippen LogP contribution in [0.25, 0.3) is 44.6 Å².